The number of imidazole rings is 1. The van der Waals surface area contributed by atoms with Gasteiger partial charge in [0, 0.05) is 20.6 Å². The zero-order chi connectivity index (χ0) is 12.5. The van der Waals surface area contributed by atoms with E-state index >= 15 is 0 Å². The smallest absolute Gasteiger partial charge is 0.262 e. The summed E-state index contributed by atoms with van der Waals surface area (Å²) in [5.74, 6) is 0.298. The van der Waals surface area contributed by atoms with Gasteiger partial charge in [0.05, 0.1) is 6.33 Å². The van der Waals surface area contributed by atoms with Gasteiger partial charge in [-0.2, -0.15) is 4.31 Å². The zero-order valence-electron chi connectivity index (χ0n) is 10.0. The van der Waals surface area contributed by atoms with Gasteiger partial charge in [0.1, 0.15) is 0 Å². The minimum absolute atomic E-state index is 0.0399. The van der Waals surface area contributed by atoms with Crippen LogP contribution in [0.25, 0.3) is 0 Å². The highest BCUT2D eigenvalue weighted by atomic mass is 32.2. The lowest BCUT2D eigenvalue weighted by atomic mass is 10.2. The van der Waals surface area contributed by atoms with E-state index in [1.54, 1.807) is 14.1 Å². The van der Waals surface area contributed by atoms with E-state index in [-0.39, 0.29) is 16.8 Å². The van der Waals surface area contributed by atoms with Crippen molar-refractivity contribution in [2.24, 2.45) is 13.0 Å². The second-order valence-corrected chi connectivity index (χ2v) is 6.19. The summed E-state index contributed by atoms with van der Waals surface area (Å²) in [4.78, 5) is 3.78. The largest absolute Gasteiger partial charge is 0.381 e. The summed E-state index contributed by atoms with van der Waals surface area (Å²) in [6.07, 6.45) is 1.39. The fraction of sp³-hybridized carbons (Fsp3) is 0.667. The number of aryl methyl sites for hydroxylation is 1. The van der Waals surface area contributed by atoms with Gasteiger partial charge in [0.2, 0.25) is 0 Å². The van der Waals surface area contributed by atoms with Crippen LogP contribution in [0.5, 0.6) is 0 Å². The van der Waals surface area contributed by atoms with E-state index < -0.39 is 10.0 Å². The van der Waals surface area contributed by atoms with Crippen LogP contribution in [0.2, 0.25) is 0 Å². The van der Waals surface area contributed by atoms with Crippen molar-refractivity contribution in [3.8, 4) is 0 Å². The van der Waals surface area contributed by atoms with Gasteiger partial charge in [-0.3, -0.25) is 0 Å². The first-order valence-corrected chi connectivity index (χ1v) is 6.44. The summed E-state index contributed by atoms with van der Waals surface area (Å²) in [7, 11) is -0.389. The highest BCUT2D eigenvalue weighted by molar-refractivity contribution is 7.89. The molecule has 0 spiro atoms. The second kappa shape index (κ2) is 4.42. The van der Waals surface area contributed by atoms with Gasteiger partial charge >= 0.3 is 0 Å². The normalized spacial score (nSPS) is 12.6. The Labute approximate surface area is 96.1 Å². The molecule has 2 N–H and O–H groups in total. The molecular formula is C9H18N4O2S. The van der Waals surface area contributed by atoms with Crippen LogP contribution in [0, 0.1) is 5.92 Å². The van der Waals surface area contributed by atoms with Crippen molar-refractivity contribution in [3.05, 3.63) is 6.33 Å². The van der Waals surface area contributed by atoms with Crippen LogP contribution in [0.4, 0.5) is 5.82 Å². The molecule has 0 aliphatic heterocycles. The molecule has 0 aliphatic rings. The molecule has 1 aromatic rings. The topological polar surface area (TPSA) is 81.2 Å². The first-order chi connectivity index (χ1) is 7.26. The van der Waals surface area contributed by atoms with E-state index in [2.05, 4.69) is 4.98 Å². The van der Waals surface area contributed by atoms with E-state index in [1.807, 2.05) is 13.8 Å². The van der Waals surface area contributed by atoms with E-state index in [1.165, 1.54) is 15.2 Å². The molecule has 1 heterocycles. The molecular weight excluding hydrogens is 228 g/mol. The maximum atomic E-state index is 12.2. The van der Waals surface area contributed by atoms with Gasteiger partial charge in [-0.1, -0.05) is 13.8 Å². The number of rotatable bonds is 4. The predicted molar refractivity (Wildman–Crippen MR) is 62.3 cm³/mol. The van der Waals surface area contributed by atoms with Crippen molar-refractivity contribution in [1.29, 1.82) is 0 Å². The van der Waals surface area contributed by atoms with Crippen LogP contribution >= 0.6 is 0 Å². The maximum Gasteiger partial charge on any atom is 0.262 e. The van der Waals surface area contributed by atoms with E-state index in [4.69, 9.17) is 5.73 Å². The third-order valence-electron chi connectivity index (χ3n) is 2.19. The number of hydrogen-bond acceptors (Lipinski definition) is 4. The minimum Gasteiger partial charge on any atom is -0.381 e. The molecule has 0 atom stereocenters. The lowest BCUT2D eigenvalue weighted by Gasteiger charge is -2.19. The number of hydrogen-bond donors (Lipinski definition) is 1. The lowest BCUT2D eigenvalue weighted by Crippen LogP contribution is -2.32. The SMILES string of the molecule is CC(C)CN(C)S(=O)(=O)c1c(N)ncn1C. The number of anilines is 1. The Morgan fingerprint density at radius 2 is 2.12 bits per heavy atom. The Morgan fingerprint density at radius 3 is 2.50 bits per heavy atom. The monoisotopic (exact) mass is 246 g/mol. The molecule has 0 fully saturated rings. The van der Waals surface area contributed by atoms with Crippen molar-refractivity contribution in [1.82, 2.24) is 13.9 Å². The summed E-state index contributed by atoms with van der Waals surface area (Å²) in [5.41, 5.74) is 5.56. The number of nitrogen functional groups attached to an aromatic ring is 1. The van der Waals surface area contributed by atoms with Crippen LogP contribution in [-0.2, 0) is 17.1 Å². The Bertz CT molecular complexity index is 444. The van der Waals surface area contributed by atoms with Gasteiger partial charge in [-0.05, 0) is 5.92 Å². The van der Waals surface area contributed by atoms with Crippen molar-refractivity contribution in [2.45, 2.75) is 18.9 Å². The molecule has 0 aromatic carbocycles. The standard InChI is InChI=1S/C9H18N4O2S/c1-7(2)5-13(4)16(14,15)9-8(10)11-6-12(9)3/h6-7H,5,10H2,1-4H3. The number of sulfonamides is 1. The Kier molecular flexibility index (Phi) is 3.59. The van der Waals surface area contributed by atoms with Crippen molar-refractivity contribution in [3.63, 3.8) is 0 Å². The molecule has 0 saturated carbocycles. The summed E-state index contributed by atoms with van der Waals surface area (Å²) in [6, 6.07) is 0. The number of nitrogens with two attached hydrogens (primary N) is 1. The number of nitrogens with zero attached hydrogens (tertiary/aromatic N) is 3. The lowest BCUT2D eigenvalue weighted by molar-refractivity contribution is 0.414. The first kappa shape index (κ1) is 13.0. The highest BCUT2D eigenvalue weighted by Crippen LogP contribution is 2.19. The van der Waals surface area contributed by atoms with Gasteiger partial charge in [-0.15, -0.1) is 0 Å². The Balaban J connectivity index is 3.12. The van der Waals surface area contributed by atoms with Gasteiger partial charge in [0.15, 0.2) is 10.8 Å². The number of aromatic nitrogens is 2. The van der Waals surface area contributed by atoms with E-state index in [9.17, 15) is 8.42 Å². The fourth-order valence-electron chi connectivity index (χ4n) is 1.51. The summed E-state index contributed by atoms with van der Waals surface area (Å²) in [6.45, 7) is 4.37. The van der Waals surface area contributed by atoms with Gasteiger partial charge in [-0.25, -0.2) is 13.4 Å². The van der Waals surface area contributed by atoms with Gasteiger partial charge < -0.3 is 10.3 Å². The third kappa shape index (κ3) is 2.35. The molecule has 1 aromatic heterocycles. The van der Waals surface area contributed by atoms with E-state index in [0.717, 1.165) is 0 Å². The first-order valence-electron chi connectivity index (χ1n) is 5.00. The summed E-state index contributed by atoms with van der Waals surface area (Å²) < 4.78 is 27.0. The second-order valence-electron chi connectivity index (χ2n) is 4.23. The average Bonchev–Trinajstić information content (AvgIpc) is 2.45. The highest BCUT2D eigenvalue weighted by Gasteiger charge is 2.27. The summed E-state index contributed by atoms with van der Waals surface area (Å²) >= 11 is 0. The molecule has 0 radical (unpaired) electrons. The van der Waals surface area contributed by atoms with Crippen molar-refractivity contribution >= 4 is 15.8 Å². The Hall–Kier alpha value is -1.08. The van der Waals surface area contributed by atoms with Crippen molar-refractivity contribution in [2.75, 3.05) is 19.3 Å². The molecule has 0 amide bonds. The molecule has 7 heteroatoms. The van der Waals surface area contributed by atoms with Crippen LogP contribution in [-0.4, -0.2) is 35.9 Å². The molecule has 0 aliphatic carbocycles. The van der Waals surface area contributed by atoms with Crippen LogP contribution in [0.3, 0.4) is 0 Å². The Morgan fingerprint density at radius 1 is 1.56 bits per heavy atom. The zero-order valence-corrected chi connectivity index (χ0v) is 10.8. The molecule has 1 rings (SSSR count). The quantitative estimate of drug-likeness (QED) is 0.827. The average molecular weight is 246 g/mol. The van der Waals surface area contributed by atoms with Crippen LogP contribution < -0.4 is 5.73 Å². The maximum absolute atomic E-state index is 12.2. The molecule has 0 saturated heterocycles. The predicted octanol–water partition coefficient (Wildman–Crippen LogP) is 0.279. The molecule has 16 heavy (non-hydrogen) atoms. The van der Waals surface area contributed by atoms with Crippen LogP contribution in [0.1, 0.15) is 13.8 Å². The van der Waals surface area contributed by atoms with Crippen LogP contribution in [0.15, 0.2) is 11.4 Å². The minimum atomic E-state index is -3.54. The fourth-order valence-corrected chi connectivity index (χ4v) is 3.03. The van der Waals surface area contributed by atoms with Gasteiger partial charge in [0.25, 0.3) is 10.0 Å². The van der Waals surface area contributed by atoms with E-state index in [0.29, 0.717) is 6.54 Å². The molecule has 92 valence electrons. The van der Waals surface area contributed by atoms with Crippen molar-refractivity contribution < 1.29 is 8.42 Å². The molecule has 0 bridgehead atoms. The third-order valence-corrected chi connectivity index (χ3v) is 4.14. The molecule has 6 nitrogen and oxygen atoms in total. The summed E-state index contributed by atoms with van der Waals surface area (Å²) in [5, 5.41) is 0.0515. The molecule has 0 unspecified atom stereocenters.